The Morgan fingerprint density at radius 2 is 1.73 bits per heavy atom. The van der Waals surface area contributed by atoms with E-state index in [0.29, 0.717) is 17.9 Å². The number of aliphatic hydroxyl groups excluding tert-OH is 1. The number of rotatable bonds is 6. The lowest BCUT2D eigenvalue weighted by molar-refractivity contribution is -0.0700. The van der Waals surface area contributed by atoms with E-state index in [1.165, 1.54) is 37.7 Å². The summed E-state index contributed by atoms with van der Waals surface area (Å²) in [6.07, 6.45) is 8.71. The maximum atomic E-state index is 10.9. The van der Waals surface area contributed by atoms with Crippen LogP contribution in [0.25, 0.3) is 0 Å². The van der Waals surface area contributed by atoms with E-state index in [0.717, 1.165) is 25.3 Å². The Morgan fingerprint density at radius 1 is 1.08 bits per heavy atom. The molecule has 0 radical (unpaired) electrons. The lowest BCUT2D eigenvalue weighted by atomic mass is 9.70. The smallest absolute Gasteiger partial charge is 0.0588 e. The first kappa shape index (κ1) is 19.9. The molecular weight excluding hydrogens is 318 g/mol. The minimum atomic E-state index is -0.164. The lowest BCUT2D eigenvalue weighted by Gasteiger charge is -2.52. The standard InChI is InChI=1S/C24H39NO/c1-18-14-15-22(23(26)16-18)24(3,4)25(17-20-10-6-5-7-11-20)19(2)21-12-8-9-13-21/h5-7,10-11,18-19,21-23,26H,8-9,12-17H2,1-4H3/t18-,19+,22-,23-/m1/s1. The molecule has 0 heterocycles. The van der Waals surface area contributed by atoms with Gasteiger partial charge in [0.05, 0.1) is 6.10 Å². The van der Waals surface area contributed by atoms with Crippen molar-refractivity contribution >= 4 is 0 Å². The van der Waals surface area contributed by atoms with Crippen molar-refractivity contribution in [3.8, 4) is 0 Å². The molecular formula is C24H39NO. The van der Waals surface area contributed by atoms with Crippen molar-refractivity contribution in [3.05, 3.63) is 35.9 Å². The van der Waals surface area contributed by atoms with Gasteiger partial charge in [0.2, 0.25) is 0 Å². The minimum absolute atomic E-state index is 0.0113. The average molecular weight is 358 g/mol. The van der Waals surface area contributed by atoms with E-state index in [1.54, 1.807) is 0 Å². The van der Waals surface area contributed by atoms with E-state index in [-0.39, 0.29) is 11.6 Å². The molecule has 1 aromatic carbocycles. The van der Waals surface area contributed by atoms with Gasteiger partial charge in [-0.1, -0.05) is 56.5 Å². The van der Waals surface area contributed by atoms with Crippen molar-refractivity contribution in [1.29, 1.82) is 0 Å². The van der Waals surface area contributed by atoms with Gasteiger partial charge in [-0.25, -0.2) is 0 Å². The van der Waals surface area contributed by atoms with Crippen molar-refractivity contribution in [2.45, 2.75) is 96.9 Å². The zero-order valence-corrected chi connectivity index (χ0v) is 17.3. The second-order valence-corrected chi connectivity index (χ2v) is 9.64. The largest absolute Gasteiger partial charge is 0.393 e. The molecule has 2 fully saturated rings. The van der Waals surface area contributed by atoms with Gasteiger partial charge in [-0.3, -0.25) is 4.90 Å². The Labute approximate surface area is 161 Å². The maximum Gasteiger partial charge on any atom is 0.0588 e. The highest BCUT2D eigenvalue weighted by Gasteiger charge is 2.44. The number of aliphatic hydroxyl groups is 1. The molecule has 0 saturated heterocycles. The normalized spacial score (nSPS) is 29.2. The Kier molecular flexibility index (Phi) is 6.45. The van der Waals surface area contributed by atoms with Gasteiger partial charge in [-0.05, 0) is 63.9 Å². The topological polar surface area (TPSA) is 23.5 Å². The Balaban J connectivity index is 1.85. The summed E-state index contributed by atoms with van der Waals surface area (Å²) in [5.74, 6) is 1.83. The zero-order valence-electron chi connectivity index (χ0n) is 17.3. The van der Waals surface area contributed by atoms with Crippen LogP contribution in [0.15, 0.2) is 30.3 Å². The molecule has 1 aromatic rings. The predicted molar refractivity (Wildman–Crippen MR) is 110 cm³/mol. The first-order valence-corrected chi connectivity index (χ1v) is 10.9. The van der Waals surface area contributed by atoms with Gasteiger partial charge < -0.3 is 5.11 Å². The summed E-state index contributed by atoms with van der Waals surface area (Å²) in [6, 6.07) is 11.5. The van der Waals surface area contributed by atoms with Crippen LogP contribution < -0.4 is 0 Å². The quantitative estimate of drug-likeness (QED) is 0.712. The fraction of sp³-hybridized carbons (Fsp3) is 0.750. The molecule has 1 N–H and O–H groups in total. The molecule has 0 bridgehead atoms. The van der Waals surface area contributed by atoms with E-state index < -0.39 is 0 Å². The van der Waals surface area contributed by atoms with Gasteiger partial charge in [0.1, 0.15) is 0 Å². The van der Waals surface area contributed by atoms with Gasteiger partial charge in [-0.2, -0.15) is 0 Å². The molecule has 0 aliphatic heterocycles. The predicted octanol–water partition coefficient (Wildman–Crippen LogP) is 5.64. The van der Waals surface area contributed by atoms with Crippen LogP contribution in [0.3, 0.4) is 0 Å². The third-order valence-electron chi connectivity index (χ3n) is 7.50. The van der Waals surface area contributed by atoms with Crippen LogP contribution in [-0.4, -0.2) is 27.7 Å². The van der Waals surface area contributed by atoms with Crippen molar-refractivity contribution < 1.29 is 5.11 Å². The summed E-state index contributed by atoms with van der Waals surface area (Å²) in [6.45, 7) is 10.5. The molecule has 0 amide bonds. The summed E-state index contributed by atoms with van der Waals surface area (Å²) in [5, 5.41) is 10.9. The highest BCUT2D eigenvalue weighted by atomic mass is 16.3. The first-order valence-electron chi connectivity index (χ1n) is 10.9. The third-order valence-corrected chi connectivity index (χ3v) is 7.50. The Bertz CT molecular complexity index is 549. The van der Waals surface area contributed by atoms with E-state index >= 15 is 0 Å². The summed E-state index contributed by atoms with van der Waals surface area (Å²) in [4.78, 5) is 2.74. The summed E-state index contributed by atoms with van der Waals surface area (Å²) in [5.41, 5.74) is 1.40. The van der Waals surface area contributed by atoms with Crippen molar-refractivity contribution in [2.75, 3.05) is 0 Å². The van der Waals surface area contributed by atoms with E-state index in [2.05, 4.69) is 62.9 Å². The van der Waals surface area contributed by atoms with Gasteiger partial charge in [-0.15, -0.1) is 0 Å². The van der Waals surface area contributed by atoms with Crippen molar-refractivity contribution in [2.24, 2.45) is 17.8 Å². The van der Waals surface area contributed by atoms with Gasteiger partial charge in [0, 0.05) is 24.0 Å². The molecule has 0 spiro atoms. The number of hydrogen-bond acceptors (Lipinski definition) is 2. The molecule has 3 rings (SSSR count). The van der Waals surface area contributed by atoms with Gasteiger partial charge in [0.25, 0.3) is 0 Å². The maximum absolute atomic E-state index is 10.9. The summed E-state index contributed by atoms with van der Waals surface area (Å²) >= 11 is 0. The highest BCUT2D eigenvalue weighted by Crippen LogP contribution is 2.42. The first-order chi connectivity index (χ1) is 12.4. The second-order valence-electron chi connectivity index (χ2n) is 9.64. The second kappa shape index (κ2) is 8.44. The molecule has 0 aromatic heterocycles. The summed E-state index contributed by atoms with van der Waals surface area (Å²) in [7, 11) is 0. The molecule has 0 unspecified atom stereocenters. The lowest BCUT2D eigenvalue weighted by Crippen LogP contribution is -2.58. The summed E-state index contributed by atoms with van der Waals surface area (Å²) < 4.78 is 0. The number of nitrogens with zero attached hydrogens (tertiary/aromatic N) is 1. The Morgan fingerprint density at radius 3 is 2.35 bits per heavy atom. The third kappa shape index (κ3) is 4.34. The van der Waals surface area contributed by atoms with Gasteiger partial charge in [0.15, 0.2) is 0 Å². The zero-order chi connectivity index (χ0) is 18.7. The SMILES string of the molecule is C[C@@H]1CC[C@@H](C(C)(C)N(Cc2ccccc2)[C@@H](C)C2CCCC2)[C@H](O)C1. The molecule has 2 heteroatoms. The molecule has 26 heavy (non-hydrogen) atoms. The monoisotopic (exact) mass is 357 g/mol. The number of benzene rings is 1. The van der Waals surface area contributed by atoms with Crippen molar-refractivity contribution in [3.63, 3.8) is 0 Å². The average Bonchev–Trinajstić information content (AvgIpc) is 3.14. The van der Waals surface area contributed by atoms with E-state index in [4.69, 9.17) is 0 Å². The van der Waals surface area contributed by atoms with Crippen LogP contribution in [0, 0.1) is 17.8 Å². The molecule has 4 atom stereocenters. The molecule has 146 valence electrons. The molecule has 2 aliphatic rings. The van der Waals surface area contributed by atoms with E-state index in [9.17, 15) is 5.11 Å². The Hall–Kier alpha value is -0.860. The fourth-order valence-electron chi connectivity index (χ4n) is 5.73. The fourth-order valence-corrected chi connectivity index (χ4v) is 5.73. The van der Waals surface area contributed by atoms with Gasteiger partial charge >= 0.3 is 0 Å². The van der Waals surface area contributed by atoms with Crippen LogP contribution in [0.5, 0.6) is 0 Å². The molecule has 2 aliphatic carbocycles. The minimum Gasteiger partial charge on any atom is -0.393 e. The van der Waals surface area contributed by atoms with Crippen LogP contribution in [0.1, 0.15) is 78.2 Å². The van der Waals surface area contributed by atoms with Crippen LogP contribution in [0.4, 0.5) is 0 Å². The number of hydrogen-bond donors (Lipinski definition) is 1. The van der Waals surface area contributed by atoms with Crippen LogP contribution in [-0.2, 0) is 6.54 Å². The van der Waals surface area contributed by atoms with E-state index in [1.807, 2.05) is 0 Å². The highest BCUT2D eigenvalue weighted by molar-refractivity contribution is 5.15. The molecule has 2 saturated carbocycles. The van der Waals surface area contributed by atoms with Crippen LogP contribution >= 0.6 is 0 Å². The molecule has 2 nitrogen and oxygen atoms in total. The van der Waals surface area contributed by atoms with Crippen molar-refractivity contribution in [1.82, 2.24) is 4.90 Å². The van der Waals surface area contributed by atoms with Crippen LogP contribution in [0.2, 0.25) is 0 Å².